The molecule has 0 aliphatic carbocycles. The predicted octanol–water partition coefficient (Wildman–Crippen LogP) is 7.32. The first-order valence-corrected chi connectivity index (χ1v) is 16.8. The molecule has 1 atom stereocenters. The van der Waals surface area contributed by atoms with Crippen molar-refractivity contribution in [2.24, 2.45) is 0 Å². The molecule has 4 rings (SSSR count). The monoisotopic (exact) mass is 685 g/mol. The van der Waals surface area contributed by atoms with Crippen LogP contribution in [0.4, 0.5) is 5.69 Å². The van der Waals surface area contributed by atoms with E-state index in [2.05, 4.69) is 5.32 Å². The lowest BCUT2D eigenvalue weighted by Gasteiger charge is -2.34. The zero-order chi connectivity index (χ0) is 32.7. The summed E-state index contributed by atoms with van der Waals surface area (Å²) in [5.41, 5.74) is 2.56. The molecule has 0 spiro atoms. The minimum Gasteiger partial charge on any atom is -0.352 e. The number of carbonyl (C=O) groups is 2. The van der Waals surface area contributed by atoms with Crippen LogP contribution >= 0.6 is 34.8 Å². The van der Waals surface area contributed by atoms with E-state index in [1.165, 1.54) is 29.2 Å². The van der Waals surface area contributed by atoms with Gasteiger partial charge in [-0.1, -0.05) is 83.3 Å². The third-order valence-electron chi connectivity index (χ3n) is 7.01. The first kappa shape index (κ1) is 34.3. The molecule has 0 aliphatic heterocycles. The Morgan fingerprint density at radius 3 is 2.11 bits per heavy atom. The molecular weight excluding hydrogens is 653 g/mol. The summed E-state index contributed by atoms with van der Waals surface area (Å²) < 4.78 is 29.3. The van der Waals surface area contributed by atoms with Gasteiger partial charge in [-0.05, 0) is 86.0 Å². The number of amides is 2. The summed E-state index contributed by atoms with van der Waals surface area (Å²) in [6.07, 6.45) is 0.195. The normalized spacial score (nSPS) is 12.1. The number of aryl methyl sites for hydroxylation is 1. The van der Waals surface area contributed by atoms with Gasteiger partial charge < -0.3 is 10.2 Å². The van der Waals surface area contributed by atoms with Gasteiger partial charge >= 0.3 is 0 Å². The second kappa shape index (κ2) is 15.1. The summed E-state index contributed by atoms with van der Waals surface area (Å²) in [7, 11) is -4.24. The lowest BCUT2D eigenvalue weighted by atomic mass is 10.0. The van der Waals surface area contributed by atoms with Crippen molar-refractivity contribution >= 4 is 62.3 Å². The molecule has 4 aromatic rings. The second-order valence-corrected chi connectivity index (χ2v) is 14.1. The SMILES string of the molecule is Cc1cccc(N(CC(=O)N(Cc2ccc(Cl)c(Cl)c2)C(Cc2ccccc2)C(=O)NC(C)C)S(=O)(=O)c2ccc(Cl)cc2)c1. The van der Waals surface area contributed by atoms with Crippen LogP contribution in [0.15, 0.2) is 102 Å². The Balaban J connectivity index is 1.82. The van der Waals surface area contributed by atoms with Crippen LogP contribution in [-0.4, -0.2) is 43.8 Å². The number of hydrogen-bond donors (Lipinski definition) is 1. The maximum atomic E-state index is 14.5. The number of sulfonamides is 1. The smallest absolute Gasteiger partial charge is 0.264 e. The van der Waals surface area contributed by atoms with Gasteiger partial charge in [0.25, 0.3) is 10.0 Å². The van der Waals surface area contributed by atoms with Gasteiger partial charge in [-0.2, -0.15) is 0 Å². The lowest BCUT2D eigenvalue weighted by Crippen LogP contribution is -2.54. The molecule has 0 fully saturated rings. The summed E-state index contributed by atoms with van der Waals surface area (Å²) in [5.74, 6) is -0.954. The van der Waals surface area contributed by atoms with E-state index in [0.29, 0.717) is 26.3 Å². The molecular formula is C34H34Cl3N3O4S. The number of halogens is 3. The van der Waals surface area contributed by atoms with Crippen molar-refractivity contribution in [1.82, 2.24) is 10.2 Å². The first-order chi connectivity index (χ1) is 21.3. The van der Waals surface area contributed by atoms with Gasteiger partial charge in [0.1, 0.15) is 12.6 Å². The summed E-state index contributed by atoms with van der Waals surface area (Å²) >= 11 is 18.5. The number of nitrogens with zero attached hydrogens (tertiary/aromatic N) is 2. The Hall–Kier alpha value is -3.56. The minimum absolute atomic E-state index is 0.0264. The van der Waals surface area contributed by atoms with Gasteiger partial charge in [0.2, 0.25) is 11.8 Å². The van der Waals surface area contributed by atoms with Crippen LogP contribution in [0.3, 0.4) is 0 Å². The van der Waals surface area contributed by atoms with E-state index >= 15 is 0 Å². The number of nitrogens with one attached hydrogen (secondary N) is 1. The van der Waals surface area contributed by atoms with E-state index in [-0.39, 0.29) is 29.8 Å². The van der Waals surface area contributed by atoms with Crippen molar-refractivity contribution < 1.29 is 18.0 Å². The largest absolute Gasteiger partial charge is 0.352 e. The van der Waals surface area contributed by atoms with Crippen molar-refractivity contribution in [3.63, 3.8) is 0 Å². The number of carbonyl (C=O) groups excluding carboxylic acids is 2. The molecule has 11 heteroatoms. The Kier molecular flexibility index (Phi) is 11.6. The van der Waals surface area contributed by atoms with E-state index in [9.17, 15) is 18.0 Å². The highest BCUT2D eigenvalue weighted by molar-refractivity contribution is 7.92. The fraction of sp³-hybridized carbons (Fsp3) is 0.235. The molecule has 2 amide bonds. The second-order valence-electron chi connectivity index (χ2n) is 10.9. The minimum atomic E-state index is -4.24. The first-order valence-electron chi connectivity index (χ1n) is 14.3. The summed E-state index contributed by atoms with van der Waals surface area (Å²) in [4.78, 5) is 29.6. The van der Waals surface area contributed by atoms with Crippen LogP contribution in [-0.2, 0) is 32.6 Å². The van der Waals surface area contributed by atoms with Gasteiger partial charge in [-0.3, -0.25) is 13.9 Å². The Morgan fingerprint density at radius 2 is 1.49 bits per heavy atom. The maximum absolute atomic E-state index is 14.5. The molecule has 0 aromatic heterocycles. The topological polar surface area (TPSA) is 86.8 Å². The molecule has 4 aromatic carbocycles. The lowest BCUT2D eigenvalue weighted by molar-refractivity contribution is -0.140. The van der Waals surface area contributed by atoms with Gasteiger partial charge in [0.05, 0.1) is 20.6 Å². The summed E-state index contributed by atoms with van der Waals surface area (Å²) in [6.45, 7) is 4.90. The van der Waals surface area contributed by atoms with Crippen LogP contribution in [0.25, 0.3) is 0 Å². The average Bonchev–Trinajstić information content (AvgIpc) is 2.99. The highest BCUT2D eigenvalue weighted by Crippen LogP contribution is 2.28. The van der Waals surface area contributed by atoms with Crippen LogP contribution in [0.1, 0.15) is 30.5 Å². The third kappa shape index (κ3) is 9.01. The van der Waals surface area contributed by atoms with Crippen LogP contribution in [0.5, 0.6) is 0 Å². The van der Waals surface area contributed by atoms with Crippen LogP contribution < -0.4 is 9.62 Å². The van der Waals surface area contributed by atoms with E-state index < -0.39 is 28.5 Å². The third-order valence-corrected chi connectivity index (χ3v) is 9.79. The standard InChI is InChI=1S/C34H34Cl3N3O4S/c1-23(2)38-34(42)32(20-25-9-5-4-6-10-25)39(21-26-12-17-30(36)31(37)19-26)33(41)22-40(28-11-7-8-24(3)18-28)45(43,44)29-15-13-27(35)14-16-29/h4-19,23,32H,20-22H2,1-3H3,(H,38,42). The molecule has 0 saturated heterocycles. The Morgan fingerprint density at radius 1 is 0.800 bits per heavy atom. The van der Waals surface area contributed by atoms with Crippen molar-refractivity contribution in [2.75, 3.05) is 10.8 Å². The Bertz CT molecular complexity index is 1750. The van der Waals surface area contributed by atoms with E-state index in [1.54, 1.807) is 36.4 Å². The molecule has 236 valence electrons. The van der Waals surface area contributed by atoms with Crippen molar-refractivity contribution in [2.45, 2.75) is 50.7 Å². The molecule has 0 saturated carbocycles. The quantitative estimate of drug-likeness (QED) is 0.169. The van der Waals surface area contributed by atoms with Gasteiger partial charge in [-0.15, -0.1) is 0 Å². The number of hydrogen-bond acceptors (Lipinski definition) is 4. The molecule has 7 nitrogen and oxygen atoms in total. The Labute approximate surface area is 279 Å². The average molecular weight is 687 g/mol. The molecule has 0 heterocycles. The fourth-order valence-corrected chi connectivity index (χ4v) is 6.67. The van der Waals surface area contributed by atoms with Gasteiger partial charge in [0.15, 0.2) is 0 Å². The molecule has 1 unspecified atom stereocenters. The molecule has 0 radical (unpaired) electrons. The number of rotatable bonds is 12. The van der Waals surface area contributed by atoms with E-state index in [1.807, 2.05) is 57.2 Å². The maximum Gasteiger partial charge on any atom is 0.264 e. The van der Waals surface area contributed by atoms with Crippen molar-refractivity contribution in [3.05, 3.63) is 129 Å². The molecule has 0 aliphatic rings. The van der Waals surface area contributed by atoms with Crippen LogP contribution in [0.2, 0.25) is 15.1 Å². The molecule has 1 N–H and O–H groups in total. The van der Waals surface area contributed by atoms with Crippen molar-refractivity contribution in [1.29, 1.82) is 0 Å². The molecule has 45 heavy (non-hydrogen) atoms. The number of anilines is 1. The van der Waals surface area contributed by atoms with Crippen molar-refractivity contribution in [3.8, 4) is 0 Å². The van der Waals surface area contributed by atoms with Crippen LogP contribution in [0, 0.1) is 6.92 Å². The summed E-state index contributed by atoms with van der Waals surface area (Å²) in [5, 5.41) is 3.94. The predicted molar refractivity (Wildman–Crippen MR) is 181 cm³/mol. The highest BCUT2D eigenvalue weighted by atomic mass is 35.5. The van der Waals surface area contributed by atoms with Gasteiger partial charge in [-0.25, -0.2) is 8.42 Å². The zero-order valence-corrected chi connectivity index (χ0v) is 28.2. The summed E-state index contributed by atoms with van der Waals surface area (Å²) in [6, 6.07) is 25.8. The molecule has 0 bridgehead atoms. The highest BCUT2D eigenvalue weighted by Gasteiger charge is 2.35. The number of benzene rings is 4. The van der Waals surface area contributed by atoms with Gasteiger partial charge in [0, 0.05) is 24.0 Å². The zero-order valence-electron chi connectivity index (χ0n) is 25.1. The van der Waals surface area contributed by atoms with E-state index in [0.717, 1.165) is 15.4 Å². The fourth-order valence-electron chi connectivity index (χ4n) is 4.81. The van der Waals surface area contributed by atoms with E-state index in [4.69, 9.17) is 34.8 Å².